The van der Waals surface area contributed by atoms with Crippen molar-refractivity contribution in [3.05, 3.63) is 65.4 Å². The zero-order valence-corrected chi connectivity index (χ0v) is 15.2. The molecule has 0 saturated heterocycles. The fourth-order valence-corrected chi connectivity index (χ4v) is 3.56. The van der Waals surface area contributed by atoms with Gasteiger partial charge in [-0.1, -0.05) is 12.1 Å². The van der Waals surface area contributed by atoms with Gasteiger partial charge in [0.2, 0.25) is 5.91 Å². The first kappa shape index (κ1) is 17.5. The highest BCUT2D eigenvalue weighted by Crippen LogP contribution is 2.30. The highest BCUT2D eigenvalue weighted by atomic mass is 32.1. The number of amides is 1. The number of rotatable bonds is 5. The third-order valence-corrected chi connectivity index (χ3v) is 5.02. The van der Waals surface area contributed by atoms with Gasteiger partial charge in [0.1, 0.15) is 23.5 Å². The lowest BCUT2D eigenvalue weighted by molar-refractivity contribution is -0.121. The number of thiazole rings is 1. The summed E-state index contributed by atoms with van der Waals surface area (Å²) in [5.74, 6) is 0.988. The van der Waals surface area contributed by atoms with Crippen LogP contribution in [-0.4, -0.2) is 30.1 Å². The fourth-order valence-electron chi connectivity index (χ4n) is 2.73. The summed E-state index contributed by atoms with van der Waals surface area (Å²) < 4.78 is 24.5. The summed E-state index contributed by atoms with van der Waals surface area (Å²) in [4.78, 5) is 16.7. The topological polar surface area (TPSA) is 60.5 Å². The number of hydrogen-bond donors (Lipinski definition) is 1. The van der Waals surface area contributed by atoms with Gasteiger partial charge in [-0.3, -0.25) is 4.79 Å². The molecule has 2 aromatic carbocycles. The number of benzene rings is 2. The molecule has 1 unspecified atom stereocenters. The van der Waals surface area contributed by atoms with Crippen molar-refractivity contribution in [2.24, 2.45) is 0 Å². The zero-order chi connectivity index (χ0) is 18.6. The van der Waals surface area contributed by atoms with E-state index in [1.807, 2.05) is 29.6 Å². The molecule has 0 bridgehead atoms. The lowest BCUT2D eigenvalue weighted by Crippen LogP contribution is -2.41. The Kier molecular flexibility index (Phi) is 5.02. The summed E-state index contributed by atoms with van der Waals surface area (Å²) in [5, 5.41) is 5.46. The molecule has 1 amide bonds. The number of carbonyl (C=O) groups is 1. The molecule has 0 radical (unpaired) electrons. The molecular weight excluding hydrogens is 367 g/mol. The Hall–Kier alpha value is -2.93. The van der Waals surface area contributed by atoms with Crippen molar-refractivity contribution < 1.29 is 18.7 Å². The SMILES string of the molecule is O=C(Cc1csc(-c2ccc(F)cc2)n1)NCC1COc2ccccc2O1. The second-order valence-electron chi connectivity index (χ2n) is 6.13. The molecule has 5 nitrogen and oxygen atoms in total. The van der Waals surface area contributed by atoms with Gasteiger partial charge in [0.05, 0.1) is 18.7 Å². The van der Waals surface area contributed by atoms with E-state index in [2.05, 4.69) is 10.3 Å². The quantitative estimate of drug-likeness (QED) is 0.732. The number of hydrogen-bond acceptors (Lipinski definition) is 5. The standard InChI is InChI=1S/C20H17FN2O3S/c21-14-7-5-13(6-8-14)20-23-15(12-27-20)9-19(24)22-10-16-11-25-17-3-1-2-4-18(17)26-16/h1-8,12,16H,9-11H2,(H,22,24). The van der Waals surface area contributed by atoms with Gasteiger partial charge < -0.3 is 14.8 Å². The Balaban J connectivity index is 1.29. The Morgan fingerprint density at radius 3 is 2.78 bits per heavy atom. The van der Waals surface area contributed by atoms with Crippen LogP contribution in [0, 0.1) is 5.82 Å². The molecule has 1 aliphatic heterocycles. The highest BCUT2D eigenvalue weighted by molar-refractivity contribution is 7.13. The summed E-state index contributed by atoms with van der Waals surface area (Å²) >= 11 is 1.43. The molecule has 7 heteroatoms. The number of para-hydroxylation sites is 2. The van der Waals surface area contributed by atoms with Crippen LogP contribution in [0.5, 0.6) is 11.5 Å². The van der Waals surface area contributed by atoms with Gasteiger partial charge in [-0.2, -0.15) is 0 Å². The molecule has 0 fully saturated rings. The highest BCUT2D eigenvalue weighted by Gasteiger charge is 2.21. The van der Waals surface area contributed by atoms with Crippen LogP contribution in [0.3, 0.4) is 0 Å². The maximum Gasteiger partial charge on any atom is 0.226 e. The van der Waals surface area contributed by atoms with E-state index < -0.39 is 0 Å². The Morgan fingerprint density at radius 2 is 1.96 bits per heavy atom. The van der Waals surface area contributed by atoms with E-state index in [1.54, 1.807) is 12.1 Å². The molecule has 1 N–H and O–H groups in total. The van der Waals surface area contributed by atoms with Crippen LogP contribution < -0.4 is 14.8 Å². The number of carbonyl (C=O) groups excluding carboxylic acids is 1. The smallest absolute Gasteiger partial charge is 0.226 e. The van der Waals surface area contributed by atoms with Gasteiger partial charge in [-0.05, 0) is 36.4 Å². The van der Waals surface area contributed by atoms with Crippen molar-refractivity contribution in [1.82, 2.24) is 10.3 Å². The van der Waals surface area contributed by atoms with Gasteiger partial charge in [0.25, 0.3) is 0 Å². The Bertz CT molecular complexity index is 942. The number of fused-ring (bicyclic) bond motifs is 1. The molecule has 0 spiro atoms. The minimum Gasteiger partial charge on any atom is -0.486 e. The third-order valence-electron chi connectivity index (χ3n) is 4.08. The van der Waals surface area contributed by atoms with Crippen molar-refractivity contribution in [1.29, 1.82) is 0 Å². The summed E-state index contributed by atoms with van der Waals surface area (Å²) in [5.41, 5.74) is 1.52. The molecule has 0 saturated carbocycles. The normalized spacial score (nSPS) is 15.4. The van der Waals surface area contributed by atoms with Crippen molar-refractivity contribution in [2.75, 3.05) is 13.2 Å². The molecule has 138 valence electrons. The first-order valence-electron chi connectivity index (χ1n) is 8.53. The molecule has 3 aromatic rings. The fraction of sp³-hybridized carbons (Fsp3) is 0.200. The number of nitrogens with zero attached hydrogens (tertiary/aromatic N) is 1. The molecule has 1 aliphatic rings. The summed E-state index contributed by atoms with van der Waals surface area (Å²) in [6.45, 7) is 0.755. The number of halogens is 1. The lowest BCUT2D eigenvalue weighted by Gasteiger charge is -2.26. The molecular formula is C20H17FN2O3S. The first-order valence-corrected chi connectivity index (χ1v) is 9.41. The number of aromatic nitrogens is 1. The van der Waals surface area contributed by atoms with E-state index in [0.717, 1.165) is 16.3 Å². The van der Waals surface area contributed by atoms with E-state index in [1.165, 1.54) is 23.5 Å². The van der Waals surface area contributed by atoms with Crippen LogP contribution in [-0.2, 0) is 11.2 Å². The Morgan fingerprint density at radius 1 is 1.19 bits per heavy atom. The van der Waals surface area contributed by atoms with Crippen molar-refractivity contribution in [3.8, 4) is 22.1 Å². The van der Waals surface area contributed by atoms with Crippen LogP contribution in [0.25, 0.3) is 10.6 Å². The van der Waals surface area contributed by atoms with E-state index in [0.29, 0.717) is 24.6 Å². The minimum atomic E-state index is -0.286. The van der Waals surface area contributed by atoms with Gasteiger partial charge in [0.15, 0.2) is 11.5 Å². The van der Waals surface area contributed by atoms with Crippen molar-refractivity contribution in [3.63, 3.8) is 0 Å². The first-order chi connectivity index (χ1) is 13.2. The minimum absolute atomic E-state index is 0.131. The molecule has 1 aromatic heterocycles. The van der Waals surface area contributed by atoms with E-state index in [4.69, 9.17) is 9.47 Å². The van der Waals surface area contributed by atoms with E-state index in [-0.39, 0.29) is 24.2 Å². The lowest BCUT2D eigenvalue weighted by atomic mass is 10.2. The Labute approximate surface area is 159 Å². The molecule has 2 heterocycles. The summed E-state index contributed by atoms with van der Waals surface area (Å²) in [6, 6.07) is 13.6. The molecule has 27 heavy (non-hydrogen) atoms. The van der Waals surface area contributed by atoms with E-state index in [9.17, 15) is 9.18 Å². The van der Waals surface area contributed by atoms with Crippen LogP contribution in [0.15, 0.2) is 53.9 Å². The van der Waals surface area contributed by atoms with Crippen LogP contribution in [0.1, 0.15) is 5.69 Å². The maximum atomic E-state index is 13.0. The molecule has 0 aliphatic carbocycles. The van der Waals surface area contributed by atoms with Crippen LogP contribution in [0.4, 0.5) is 4.39 Å². The van der Waals surface area contributed by atoms with Gasteiger partial charge in [-0.25, -0.2) is 9.37 Å². The predicted molar refractivity (Wildman–Crippen MR) is 101 cm³/mol. The largest absolute Gasteiger partial charge is 0.486 e. The average molecular weight is 384 g/mol. The zero-order valence-electron chi connectivity index (χ0n) is 14.4. The monoisotopic (exact) mass is 384 g/mol. The second kappa shape index (κ2) is 7.75. The maximum absolute atomic E-state index is 13.0. The van der Waals surface area contributed by atoms with Gasteiger partial charge >= 0.3 is 0 Å². The van der Waals surface area contributed by atoms with Crippen molar-refractivity contribution in [2.45, 2.75) is 12.5 Å². The summed E-state index contributed by atoms with van der Waals surface area (Å²) in [6.07, 6.45) is -0.0453. The number of nitrogens with one attached hydrogen (secondary N) is 1. The second-order valence-corrected chi connectivity index (χ2v) is 6.99. The van der Waals surface area contributed by atoms with E-state index >= 15 is 0 Å². The summed E-state index contributed by atoms with van der Waals surface area (Å²) in [7, 11) is 0. The third kappa shape index (κ3) is 4.25. The average Bonchev–Trinajstić information content (AvgIpc) is 3.15. The van der Waals surface area contributed by atoms with Crippen molar-refractivity contribution >= 4 is 17.2 Å². The van der Waals surface area contributed by atoms with Crippen LogP contribution in [0.2, 0.25) is 0 Å². The predicted octanol–water partition coefficient (Wildman–Crippen LogP) is 3.45. The van der Waals surface area contributed by atoms with Crippen LogP contribution >= 0.6 is 11.3 Å². The molecule has 1 atom stereocenters. The number of ether oxygens (including phenoxy) is 2. The van der Waals surface area contributed by atoms with Gasteiger partial charge in [-0.15, -0.1) is 11.3 Å². The van der Waals surface area contributed by atoms with Gasteiger partial charge in [0, 0.05) is 10.9 Å². The molecule has 4 rings (SSSR count).